The number of carbonyl (C=O) groups excluding carboxylic acids is 1. The van der Waals surface area contributed by atoms with Crippen LogP contribution in [0.15, 0.2) is 0 Å². The van der Waals surface area contributed by atoms with Gasteiger partial charge in [0.05, 0.1) is 11.5 Å². The second-order valence-corrected chi connectivity index (χ2v) is 3.57. The van der Waals surface area contributed by atoms with E-state index in [1.54, 1.807) is 11.8 Å². The van der Waals surface area contributed by atoms with Gasteiger partial charge in [0.15, 0.2) is 0 Å². The summed E-state index contributed by atoms with van der Waals surface area (Å²) in [7, 11) is 0. The van der Waals surface area contributed by atoms with Gasteiger partial charge >= 0.3 is 0 Å². The molecule has 0 aromatic rings. The van der Waals surface area contributed by atoms with Gasteiger partial charge in [-0.3, -0.25) is 4.79 Å². The van der Waals surface area contributed by atoms with Crippen LogP contribution >= 0.6 is 11.6 Å². The first-order valence-corrected chi connectivity index (χ1v) is 4.13. The number of nitrogens with zero attached hydrogens (tertiary/aromatic N) is 1. The Labute approximate surface area is 70.9 Å². The van der Waals surface area contributed by atoms with E-state index in [2.05, 4.69) is 0 Å². The Hall–Kier alpha value is -0.280. The molecule has 0 aromatic carbocycles. The van der Waals surface area contributed by atoms with Crippen molar-refractivity contribution >= 4 is 17.5 Å². The molecule has 0 spiro atoms. The standard InChI is InChI=1S/C7H12ClNO2/c1-5(10)3-9-4-6(8)2-7(9)11/h5-6,10H,2-4H2,1H3. The van der Waals surface area contributed by atoms with Crippen LogP contribution < -0.4 is 0 Å². The summed E-state index contributed by atoms with van der Waals surface area (Å²) in [5, 5.41) is 8.91. The van der Waals surface area contributed by atoms with Gasteiger partial charge in [-0.15, -0.1) is 11.6 Å². The maximum absolute atomic E-state index is 11.1. The number of carbonyl (C=O) groups is 1. The minimum atomic E-state index is -0.457. The number of hydrogen-bond acceptors (Lipinski definition) is 2. The Morgan fingerprint density at radius 2 is 2.55 bits per heavy atom. The topological polar surface area (TPSA) is 40.5 Å². The summed E-state index contributed by atoms with van der Waals surface area (Å²) in [4.78, 5) is 12.7. The number of likely N-dealkylation sites (tertiary alicyclic amines) is 1. The van der Waals surface area contributed by atoms with Crippen molar-refractivity contribution in [2.24, 2.45) is 0 Å². The molecule has 1 rings (SSSR count). The molecule has 1 saturated heterocycles. The number of aliphatic hydroxyl groups excluding tert-OH is 1. The molecule has 11 heavy (non-hydrogen) atoms. The molecule has 1 fully saturated rings. The molecule has 1 aliphatic rings. The highest BCUT2D eigenvalue weighted by molar-refractivity contribution is 6.22. The van der Waals surface area contributed by atoms with Crippen molar-refractivity contribution < 1.29 is 9.90 Å². The van der Waals surface area contributed by atoms with Crippen LogP contribution in [0.5, 0.6) is 0 Å². The van der Waals surface area contributed by atoms with E-state index in [9.17, 15) is 4.79 Å². The smallest absolute Gasteiger partial charge is 0.224 e. The molecule has 0 saturated carbocycles. The summed E-state index contributed by atoms with van der Waals surface area (Å²) in [6.07, 6.45) is -0.0465. The Morgan fingerprint density at radius 1 is 1.91 bits per heavy atom. The molecular weight excluding hydrogens is 166 g/mol. The van der Waals surface area contributed by atoms with Crippen molar-refractivity contribution in [2.45, 2.75) is 24.8 Å². The predicted octanol–water partition coefficient (Wildman–Crippen LogP) is 0.207. The summed E-state index contributed by atoms with van der Waals surface area (Å²) in [5.41, 5.74) is 0. The first-order chi connectivity index (χ1) is 5.09. The van der Waals surface area contributed by atoms with Gasteiger partial charge in [0.2, 0.25) is 5.91 Å². The lowest BCUT2D eigenvalue weighted by Crippen LogP contribution is -2.32. The second kappa shape index (κ2) is 3.41. The summed E-state index contributed by atoms with van der Waals surface area (Å²) < 4.78 is 0. The van der Waals surface area contributed by atoms with E-state index in [1.807, 2.05) is 0 Å². The SMILES string of the molecule is CC(O)CN1CC(Cl)CC1=O. The number of halogens is 1. The van der Waals surface area contributed by atoms with Gasteiger partial charge in [0.1, 0.15) is 0 Å². The maximum Gasteiger partial charge on any atom is 0.224 e. The van der Waals surface area contributed by atoms with Crippen molar-refractivity contribution in [3.63, 3.8) is 0 Å². The molecule has 0 aromatic heterocycles. The molecule has 1 aliphatic heterocycles. The fourth-order valence-electron chi connectivity index (χ4n) is 1.22. The Morgan fingerprint density at radius 3 is 2.91 bits per heavy atom. The largest absolute Gasteiger partial charge is 0.392 e. The van der Waals surface area contributed by atoms with Crippen molar-refractivity contribution in [2.75, 3.05) is 13.1 Å². The Balaban J connectivity index is 2.41. The second-order valence-electron chi connectivity index (χ2n) is 2.95. The molecule has 1 heterocycles. The highest BCUT2D eigenvalue weighted by atomic mass is 35.5. The molecule has 1 N–H and O–H groups in total. The van der Waals surface area contributed by atoms with E-state index in [1.165, 1.54) is 0 Å². The third-order valence-corrected chi connectivity index (χ3v) is 1.94. The van der Waals surface area contributed by atoms with Crippen LogP contribution in [0.2, 0.25) is 0 Å². The summed E-state index contributed by atoms with van der Waals surface area (Å²) in [5.74, 6) is 0.0471. The average Bonchev–Trinajstić information content (AvgIpc) is 2.09. The molecule has 1 amide bonds. The number of hydrogen-bond donors (Lipinski definition) is 1. The van der Waals surface area contributed by atoms with E-state index in [4.69, 9.17) is 16.7 Å². The Kier molecular flexibility index (Phi) is 2.73. The zero-order chi connectivity index (χ0) is 8.43. The number of β-amino-alcohol motifs (C(OH)–C–C–N with tert-alkyl or cyclic N) is 1. The van der Waals surface area contributed by atoms with Gasteiger partial charge in [-0.1, -0.05) is 0 Å². The number of aliphatic hydroxyl groups is 1. The monoisotopic (exact) mass is 177 g/mol. The van der Waals surface area contributed by atoms with Gasteiger partial charge in [0, 0.05) is 19.5 Å². The van der Waals surface area contributed by atoms with Crippen molar-refractivity contribution in [1.82, 2.24) is 4.90 Å². The lowest BCUT2D eigenvalue weighted by molar-refractivity contribution is -0.128. The van der Waals surface area contributed by atoms with Crippen LogP contribution in [0.4, 0.5) is 0 Å². The van der Waals surface area contributed by atoms with Gasteiger partial charge < -0.3 is 10.0 Å². The van der Waals surface area contributed by atoms with Crippen molar-refractivity contribution in [3.05, 3.63) is 0 Å². The average molecular weight is 178 g/mol. The van der Waals surface area contributed by atoms with Gasteiger partial charge in [-0.2, -0.15) is 0 Å². The summed E-state index contributed by atoms with van der Waals surface area (Å²) >= 11 is 5.74. The molecule has 64 valence electrons. The van der Waals surface area contributed by atoms with E-state index in [0.29, 0.717) is 19.5 Å². The minimum Gasteiger partial charge on any atom is -0.392 e. The van der Waals surface area contributed by atoms with Crippen LogP contribution in [-0.4, -0.2) is 40.5 Å². The summed E-state index contributed by atoms with van der Waals surface area (Å²) in [6.45, 7) is 2.64. The quantitative estimate of drug-likeness (QED) is 0.613. The number of rotatable bonds is 2. The predicted molar refractivity (Wildman–Crippen MR) is 42.5 cm³/mol. The van der Waals surface area contributed by atoms with Crippen molar-refractivity contribution in [1.29, 1.82) is 0 Å². The van der Waals surface area contributed by atoms with Crippen LogP contribution in [0.1, 0.15) is 13.3 Å². The zero-order valence-electron chi connectivity index (χ0n) is 6.46. The Bertz CT molecular complexity index is 161. The highest BCUT2D eigenvalue weighted by Gasteiger charge is 2.28. The molecule has 0 aliphatic carbocycles. The molecule has 0 bridgehead atoms. The van der Waals surface area contributed by atoms with E-state index in [-0.39, 0.29) is 11.3 Å². The van der Waals surface area contributed by atoms with Gasteiger partial charge in [-0.25, -0.2) is 0 Å². The van der Waals surface area contributed by atoms with Crippen LogP contribution in [0, 0.1) is 0 Å². The fraction of sp³-hybridized carbons (Fsp3) is 0.857. The van der Waals surface area contributed by atoms with E-state index in [0.717, 1.165) is 0 Å². The maximum atomic E-state index is 11.1. The number of alkyl halides is 1. The first kappa shape index (κ1) is 8.81. The molecule has 0 radical (unpaired) electrons. The third-order valence-electron chi connectivity index (χ3n) is 1.65. The zero-order valence-corrected chi connectivity index (χ0v) is 7.21. The van der Waals surface area contributed by atoms with E-state index < -0.39 is 6.10 Å². The molecular formula is C7H12ClNO2. The summed E-state index contributed by atoms with van der Waals surface area (Å²) in [6, 6.07) is 0. The normalized spacial score (nSPS) is 27.7. The fourth-order valence-corrected chi connectivity index (χ4v) is 1.52. The third kappa shape index (κ3) is 2.34. The van der Waals surface area contributed by atoms with E-state index >= 15 is 0 Å². The van der Waals surface area contributed by atoms with Crippen LogP contribution in [-0.2, 0) is 4.79 Å². The lowest BCUT2D eigenvalue weighted by Gasteiger charge is -2.16. The number of amides is 1. The van der Waals surface area contributed by atoms with Crippen molar-refractivity contribution in [3.8, 4) is 0 Å². The van der Waals surface area contributed by atoms with Gasteiger partial charge in [-0.05, 0) is 6.92 Å². The molecule has 3 nitrogen and oxygen atoms in total. The molecule has 2 atom stereocenters. The highest BCUT2D eigenvalue weighted by Crippen LogP contribution is 2.15. The molecule has 2 unspecified atom stereocenters. The molecule has 4 heteroatoms. The first-order valence-electron chi connectivity index (χ1n) is 3.69. The van der Waals surface area contributed by atoms with Crippen LogP contribution in [0.3, 0.4) is 0 Å². The van der Waals surface area contributed by atoms with Crippen LogP contribution in [0.25, 0.3) is 0 Å². The minimum absolute atomic E-state index is 0.0471. The van der Waals surface area contributed by atoms with Gasteiger partial charge in [0.25, 0.3) is 0 Å². The lowest BCUT2D eigenvalue weighted by atomic mass is 10.4.